The fraction of sp³-hybridized carbons (Fsp3) is 0.515. The van der Waals surface area contributed by atoms with Gasteiger partial charge in [0, 0.05) is 51.0 Å². The molecule has 250 valence electrons. The highest BCUT2D eigenvalue weighted by Crippen LogP contribution is 2.43. The molecule has 1 saturated carbocycles. The Morgan fingerprint density at radius 1 is 1.11 bits per heavy atom. The summed E-state index contributed by atoms with van der Waals surface area (Å²) < 4.78 is 47.8. The second kappa shape index (κ2) is 13.1. The fourth-order valence-electron chi connectivity index (χ4n) is 6.74. The molecule has 4 aromatic heterocycles. The number of carboxylic acids is 1. The van der Waals surface area contributed by atoms with Crippen molar-refractivity contribution >= 4 is 28.6 Å². The van der Waals surface area contributed by atoms with Crippen LogP contribution in [0.1, 0.15) is 56.7 Å². The third kappa shape index (κ3) is 6.74. The summed E-state index contributed by atoms with van der Waals surface area (Å²) in [6.07, 6.45) is 5.16. The fourth-order valence-corrected chi connectivity index (χ4v) is 6.74. The van der Waals surface area contributed by atoms with Gasteiger partial charge >= 0.3 is 12.1 Å². The van der Waals surface area contributed by atoms with Crippen molar-refractivity contribution in [2.24, 2.45) is 11.3 Å². The number of fused-ring (bicyclic) bond motifs is 1. The van der Waals surface area contributed by atoms with Gasteiger partial charge in [0.1, 0.15) is 17.0 Å². The van der Waals surface area contributed by atoms with Gasteiger partial charge in [-0.2, -0.15) is 13.2 Å². The molecule has 4 aromatic rings. The van der Waals surface area contributed by atoms with Crippen LogP contribution in [0, 0.1) is 11.3 Å². The molecule has 0 amide bonds. The van der Waals surface area contributed by atoms with Gasteiger partial charge in [0.15, 0.2) is 11.5 Å². The zero-order chi connectivity index (χ0) is 33.3. The van der Waals surface area contributed by atoms with Crippen LogP contribution in [0.15, 0.2) is 30.7 Å². The monoisotopic (exact) mass is 652 g/mol. The number of aromatic nitrogens is 6. The van der Waals surface area contributed by atoms with Crippen LogP contribution in [0.3, 0.4) is 0 Å². The van der Waals surface area contributed by atoms with Gasteiger partial charge in [-0.3, -0.25) is 9.78 Å². The molecular weight excluding hydrogens is 613 g/mol. The highest BCUT2D eigenvalue weighted by Gasteiger charge is 2.39. The molecule has 0 aromatic carbocycles. The van der Waals surface area contributed by atoms with Crippen molar-refractivity contribution in [1.29, 1.82) is 0 Å². The third-order valence-electron chi connectivity index (χ3n) is 9.40. The van der Waals surface area contributed by atoms with Crippen LogP contribution >= 0.6 is 0 Å². The van der Waals surface area contributed by atoms with E-state index in [1.54, 1.807) is 25.6 Å². The highest BCUT2D eigenvalue weighted by molar-refractivity contribution is 5.91. The summed E-state index contributed by atoms with van der Waals surface area (Å²) in [7, 11) is 3.66. The molecule has 11 nitrogen and oxygen atoms in total. The normalized spacial score (nSPS) is 16.8. The van der Waals surface area contributed by atoms with Crippen LogP contribution in [-0.4, -0.2) is 81.4 Å². The van der Waals surface area contributed by atoms with Gasteiger partial charge in [0.2, 0.25) is 0 Å². The number of rotatable bonds is 11. The number of carboxylic acid groups (broad SMARTS) is 1. The molecule has 0 spiro atoms. The lowest BCUT2D eigenvalue weighted by Crippen LogP contribution is -2.44. The number of aromatic amines is 1. The number of nitrogens with one attached hydrogen (secondary N) is 1. The Morgan fingerprint density at radius 2 is 1.87 bits per heavy atom. The van der Waals surface area contributed by atoms with Crippen molar-refractivity contribution in [2.75, 3.05) is 50.2 Å². The number of methoxy groups -OCH3 is 1. The van der Waals surface area contributed by atoms with E-state index in [0.717, 1.165) is 31.0 Å². The quantitative estimate of drug-likeness (QED) is 0.199. The number of imidazole rings is 1. The van der Waals surface area contributed by atoms with Gasteiger partial charge in [-0.05, 0) is 44.2 Å². The van der Waals surface area contributed by atoms with Crippen LogP contribution in [0.25, 0.3) is 33.9 Å². The average Bonchev–Trinajstić information content (AvgIpc) is 3.47. The molecule has 1 aliphatic heterocycles. The number of aryl methyl sites for hydroxylation is 1. The first-order chi connectivity index (χ1) is 22.5. The predicted octanol–water partition coefficient (Wildman–Crippen LogP) is 6.00. The Kier molecular flexibility index (Phi) is 9.05. The number of piperidine rings is 1. The lowest BCUT2D eigenvalue weighted by atomic mass is 9.69. The molecule has 2 fully saturated rings. The SMILES string of the molecule is CCCc1ncc(-c2cc(N(C)CC3(COC)CCC3)c3[nH]c(-c4cnc(N5CCC(C(=O)O)CC5)cn4)nc3n2)cc1C(F)(F)F. The van der Waals surface area contributed by atoms with Crippen molar-refractivity contribution in [3.05, 3.63) is 42.0 Å². The topological polar surface area (TPSA) is 133 Å². The van der Waals surface area contributed by atoms with E-state index >= 15 is 0 Å². The number of anilines is 2. The zero-order valence-corrected chi connectivity index (χ0v) is 26.8. The minimum absolute atomic E-state index is 0.0176. The number of hydrogen-bond donors (Lipinski definition) is 2. The van der Waals surface area contributed by atoms with Crippen LogP contribution < -0.4 is 9.80 Å². The number of aliphatic carboxylic acids is 1. The van der Waals surface area contributed by atoms with Crippen LogP contribution in [-0.2, 0) is 22.1 Å². The number of nitrogens with zero attached hydrogens (tertiary/aromatic N) is 7. The Labute approximate surface area is 270 Å². The van der Waals surface area contributed by atoms with Crippen molar-refractivity contribution < 1.29 is 27.8 Å². The second-order valence-electron chi connectivity index (χ2n) is 12.8. The summed E-state index contributed by atoms with van der Waals surface area (Å²) in [6, 6.07) is 2.92. The Hall–Kier alpha value is -4.33. The molecule has 6 rings (SSSR count). The van der Waals surface area contributed by atoms with Crippen LogP contribution in [0.5, 0.6) is 0 Å². The van der Waals surface area contributed by atoms with E-state index in [1.807, 2.05) is 18.9 Å². The minimum atomic E-state index is -4.55. The first kappa shape index (κ1) is 32.6. The van der Waals surface area contributed by atoms with E-state index in [2.05, 4.69) is 24.8 Å². The molecule has 47 heavy (non-hydrogen) atoms. The average molecular weight is 653 g/mol. The maximum Gasteiger partial charge on any atom is 0.418 e. The van der Waals surface area contributed by atoms with E-state index in [1.165, 1.54) is 6.20 Å². The zero-order valence-electron chi connectivity index (χ0n) is 26.8. The first-order valence-electron chi connectivity index (χ1n) is 16.0. The first-order valence-corrected chi connectivity index (χ1v) is 16.0. The number of ether oxygens (including phenoxy) is 1. The largest absolute Gasteiger partial charge is 0.481 e. The van der Waals surface area contributed by atoms with E-state index in [4.69, 9.17) is 14.7 Å². The van der Waals surface area contributed by atoms with Gasteiger partial charge in [-0.15, -0.1) is 0 Å². The molecule has 0 atom stereocenters. The third-order valence-corrected chi connectivity index (χ3v) is 9.40. The van der Waals surface area contributed by atoms with Gasteiger partial charge in [0.05, 0.1) is 47.6 Å². The van der Waals surface area contributed by atoms with E-state index in [0.29, 0.717) is 79.7 Å². The molecular formula is C33H39F3N8O3. The summed E-state index contributed by atoms with van der Waals surface area (Å²) in [5.41, 5.74) is 2.01. The van der Waals surface area contributed by atoms with Crippen LogP contribution in [0.4, 0.5) is 24.7 Å². The number of alkyl halides is 3. The van der Waals surface area contributed by atoms with Gasteiger partial charge in [-0.1, -0.05) is 19.8 Å². The molecule has 1 saturated heterocycles. The van der Waals surface area contributed by atoms with E-state index in [-0.39, 0.29) is 29.0 Å². The van der Waals surface area contributed by atoms with Crippen molar-refractivity contribution in [1.82, 2.24) is 29.9 Å². The minimum Gasteiger partial charge on any atom is -0.481 e. The molecule has 14 heteroatoms. The Balaban J connectivity index is 1.37. The lowest BCUT2D eigenvalue weighted by Gasteiger charge is -2.44. The number of pyridine rings is 2. The number of halogens is 3. The summed E-state index contributed by atoms with van der Waals surface area (Å²) in [5.74, 6) is -0.0501. The standard InChI is InChI=1S/C33H39F3N8O3/c1-4-6-23-22(33(34,35)36)13-21(15-37-23)24-14-26(43(2)18-32(19-47-3)9-5-10-32)28-30(40-24)42-29(41-28)25-16-39-27(17-38-25)44-11-7-20(8-12-44)31(45)46/h13-17,20H,4-12,18-19H2,1-3H3,(H,45,46)(H,40,41,42). The van der Waals surface area contributed by atoms with Crippen LogP contribution in [0.2, 0.25) is 0 Å². The van der Waals surface area contributed by atoms with Crippen molar-refractivity contribution in [3.8, 4) is 22.8 Å². The molecule has 2 N–H and O–H groups in total. The summed E-state index contributed by atoms with van der Waals surface area (Å²) in [6.45, 7) is 4.27. The van der Waals surface area contributed by atoms with E-state index < -0.39 is 17.7 Å². The number of carbonyl (C=O) groups is 1. The molecule has 1 aliphatic carbocycles. The van der Waals surface area contributed by atoms with Crippen molar-refractivity contribution in [2.45, 2.75) is 58.0 Å². The van der Waals surface area contributed by atoms with Gasteiger partial charge < -0.3 is 24.6 Å². The maximum atomic E-state index is 14.1. The molecule has 0 unspecified atom stereocenters. The summed E-state index contributed by atoms with van der Waals surface area (Å²) in [5, 5.41) is 9.30. The molecule has 0 bridgehead atoms. The van der Waals surface area contributed by atoms with E-state index in [9.17, 15) is 23.1 Å². The van der Waals surface area contributed by atoms with Gasteiger partial charge in [0.25, 0.3) is 0 Å². The predicted molar refractivity (Wildman–Crippen MR) is 171 cm³/mol. The highest BCUT2D eigenvalue weighted by atomic mass is 19.4. The Bertz CT molecular complexity index is 1730. The number of hydrogen-bond acceptors (Lipinski definition) is 9. The maximum absolute atomic E-state index is 14.1. The van der Waals surface area contributed by atoms with Gasteiger partial charge in [-0.25, -0.2) is 19.9 Å². The number of H-pyrrole nitrogens is 1. The Morgan fingerprint density at radius 3 is 2.47 bits per heavy atom. The van der Waals surface area contributed by atoms with Crippen molar-refractivity contribution in [3.63, 3.8) is 0 Å². The molecule has 5 heterocycles. The molecule has 2 aliphatic rings. The summed E-state index contributed by atoms with van der Waals surface area (Å²) >= 11 is 0. The lowest BCUT2D eigenvalue weighted by molar-refractivity contribution is -0.142. The molecule has 0 radical (unpaired) electrons. The smallest absolute Gasteiger partial charge is 0.418 e. The second-order valence-corrected chi connectivity index (χ2v) is 12.8. The summed E-state index contributed by atoms with van der Waals surface area (Å²) in [4.78, 5) is 41.6.